The first-order valence-electron chi connectivity index (χ1n) is 11.0. The van der Waals surface area contributed by atoms with Crippen molar-refractivity contribution in [2.24, 2.45) is 0 Å². The number of carbonyl (C=O) groups is 2. The van der Waals surface area contributed by atoms with E-state index < -0.39 is 5.97 Å². The van der Waals surface area contributed by atoms with E-state index in [0.717, 1.165) is 18.5 Å². The fourth-order valence-electron chi connectivity index (χ4n) is 4.12. The quantitative estimate of drug-likeness (QED) is 0.295. The molecule has 0 aliphatic carbocycles. The molecule has 0 saturated heterocycles. The Morgan fingerprint density at radius 1 is 0.862 bits per heavy atom. The zero-order chi connectivity index (χ0) is 21.2. The molecular formula is C25H35NO3. The Balaban J connectivity index is 1.99. The van der Waals surface area contributed by atoms with Crippen molar-refractivity contribution in [3.63, 3.8) is 0 Å². The van der Waals surface area contributed by atoms with Crippen molar-refractivity contribution < 1.29 is 14.7 Å². The molecule has 0 bridgehead atoms. The number of rotatable bonds is 13. The van der Waals surface area contributed by atoms with Gasteiger partial charge in [0.15, 0.2) is 5.78 Å². The highest BCUT2D eigenvalue weighted by Gasteiger charge is 2.26. The molecule has 0 radical (unpaired) electrons. The van der Waals surface area contributed by atoms with Gasteiger partial charge in [-0.2, -0.15) is 0 Å². The predicted octanol–water partition coefficient (Wildman–Crippen LogP) is 6.90. The Bertz CT molecular complexity index is 805. The number of Topliss-reactive ketones (excluding diaryl/α,β-unsaturated/α-hetero) is 1. The number of para-hydroxylation sites is 1. The Morgan fingerprint density at radius 2 is 1.41 bits per heavy atom. The molecule has 29 heavy (non-hydrogen) atoms. The fraction of sp³-hybridized carbons (Fsp3) is 0.520. The summed E-state index contributed by atoms with van der Waals surface area (Å²) >= 11 is 0. The van der Waals surface area contributed by atoms with Gasteiger partial charge in [0.05, 0.1) is 0 Å². The first-order chi connectivity index (χ1) is 14.0. The monoisotopic (exact) mass is 397 g/mol. The number of aromatic carboxylic acids is 1. The van der Waals surface area contributed by atoms with Crippen molar-refractivity contribution in [1.82, 2.24) is 4.57 Å². The summed E-state index contributed by atoms with van der Waals surface area (Å²) in [6, 6.07) is 9.38. The largest absolute Gasteiger partial charge is 0.477 e. The lowest BCUT2D eigenvalue weighted by atomic mass is 10.00. The maximum Gasteiger partial charge on any atom is 0.353 e. The lowest BCUT2D eigenvalue weighted by Crippen LogP contribution is -2.08. The SMILES string of the molecule is CCCCCCCCCCCC(=O)c1c(C)c(C(=O)O)n(-c2ccccc2)c1C. The van der Waals surface area contributed by atoms with E-state index >= 15 is 0 Å². The second-order valence-corrected chi connectivity index (χ2v) is 7.91. The molecule has 0 spiro atoms. The lowest BCUT2D eigenvalue weighted by Gasteiger charge is -2.09. The number of unbranched alkanes of at least 4 members (excludes halogenated alkanes) is 8. The highest BCUT2D eigenvalue weighted by atomic mass is 16.4. The van der Waals surface area contributed by atoms with Crippen LogP contribution in [0.5, 0.6) is 0 Å². The van der Waals surface area contributed by atoms with Gasteiger partial charge in [0.1, 0.15) is 5.69 Å². The number of benzene rings is 1. The Kier molecular flexibility index (Phi) is 9.17. The predicted molar refractivity (Wildman–Crippen MR) is 118 cm³/mol. The molecule has 0 saturated carbocycles. The van der Waals surface area contributed by atoms with Gasteiger partial charge < -0.3 is 9.67 Å². The van der Waals surface area contributed by atoms with Crippen LogP contribution in [0.25, 0.3) is 5.69 Å². The van der Waals surface area contributed by atoms with Crippen molar-refractivity contribution in [2.75, 3.05) is 0 Å². The summed E-state index contributed by atoms with van der Waals surface area (Å²) in [6.07, 6.45) is 11.3. The lowest BCUT2D eigenvalue weighted by molar-refractivity contribution is 0.0687. The van der Waals surface area contributed by atoms with E-state index in [9.17, 15) is 14.7 Å². The van der Waals surface area contributed by atoms with Crippen molar-refractivity contribution >= 4 is 11.8 Å². The molecule has 158 valence electrons. The van der Waals surface area contributed by atoms with Crippen LogP contribution in [0.2, 0.25) is 0 Å². The minimum absolute atomic E-state index is 0.0557. The smallest absolute Gasteiger partial charge is 0.353 e. The van der Waals surface area contributed by atoms with Crippen LogP contribution in [0.4, 0.5) is 0 Å². The van der Waals surface area contributed by atoms with Crippen molar-refractivity contribution in [3.8, 4) is 5.69 Å². The molecule has 1 aromatic heterocycles. The minimum Gasteiger partial charge on any atom is -0.477 e. The van der Waals surface area contributed by atoms with E-state index in [2.05, 4.69) is 6.92 Å². The van der Waals surface area contributed by atoms with Gasteiger partial charge in [-0.15, -0.1) is 0 Å². The van der Waals surface area contributed by atoms with Gasteiger partial charge in [-0.05, 0) is 38.0 Å². The molecule has 1 N–H and O–H groups in total. The molecule has 0 atom stereocenters. The third kappa shape index (κ3) is 6.06. The van der Waals surface area contributed by atoms with Crippen LogP contribution in [0.15, 0.2) is 30.3 Å². The summed E-state index contributed by atoms with van der Waals surface area (Å²) in [5.74, 6) is -0.947. The maximum absolute atomic E-state index is 12.9. The molecule has 2 aromatic rings. The van der Waals surface area contributed by atoms with E-state index in [0.29, 0.717) is 23.2 Å². The molecule has 1 heterocycles. The van der Waals surface area contributed by atoms with Crippen LogP contribution < -0.4 is 0 Å². The fourth-order valence-corrected chi connectivity index (χ4v) is 4.12. The van der Waals surface area contributed by atoms with Crippen LogP contribution in [-0.4, -0.2) is 21.4 Å². The molecular weight excluding hydrogens is 362 g/mol. The van der Waals surface area contributed by atoms with E-state index in [1.54, 1.807) is 11.5 Å². The zero-order valence-electron chi connectivity index (χ0n) is 18.2. The number of aromatic nitrogens is 1. The molecule has 0 aliphatic rings. The standard InChI is InChI=1S/C25H35NO3/c1-4-5-6-7-8-9-10-11-15-18-22(27)23-19(2)24(25(28)29)26(20(23)3)21-16-13-12-14-17-21/h12-14,16-17H,4-11,15,18H2,1-3H3,(H,28,29). The summed E-state index contributed by atoms with van der Waals surface area (Å²) in [4.78, 5) is 24.8. The van der Waals surface area contributed by atoms with Gasteiger partial charge in [0.25, 0.3) is 0 Å². The summed E-state index contributed by atoms with van der Waals surface area (Å²) in [6.45, 7) is 5.82. The summed E-state index contributed by atoms with van der Waals surface area (Å²) < 4.78 is 1.70. The second kappa shape index (κ2) is 11.6. The van der Waals surface area contributed by atoms with E-state index in [4.69, 9.17) is 0 Å². The van der Waals surface area contributed by atoms with Gasteiger partial charge >= 0.3 is 5.97 Å². The molecule has 4 nitrogen and oxygen atoms in total. The molecule has 0 amide bonds. The number of carboxylic acid groups (broad SMARTS) is 1. The first-order valence-corrected chi connectivity index (χ1v) is 11.0. The van der Waals surface area contributed by atoms with Gasteiger partial charge in [-0.1, -0.05) is 76.5 Å². The normalized spacial score (nSPS) is 11.0. The molecule has 4 heteroatoms. The topological polar surface area (TPSA) is 59.3 Å². The average Bonchev–Trinajstić information content (AvgIpc) is 2.97. The van der Waals surface area contributed by atoms with Gasteiger partial charge in [-0.3, -0.25) is 4.79 Å². The molecule has 2 rings (SSSR count). The van der Waals surface area contributed by atoms with E-state index in [1.165, 1.54) is 44.9 Å². The van der Waals surface area contributed by atoms with Crippen LogP contribution >= 0.6 is 0 Å². The number of hydrogen-bond acceptors (Lipinski definition) is 2. The number of carboxylic acids is 1. The van der Waals surface area contributed by atoms with Crippen LogP contribution in [0.1, 0.15) is 103 Å². The van der Waals surface area contributed by atoms with E-state index in [1.807, 2.05) is 37.3 Å². The first kappa shape index (κ1) is 22.9. The summed E-state index contributed by atoms with van der Waals surface area (Å²) in [5.41, 5.74) is 2.81. The summed E-state index contributed by atoms with van der Waals surface area (Å²) in [7, 11) is 0. The number of carbonyl (C=O) groups excluding carboxylic acids is 1. The highest BCUT2D eigenvalue weighted by Crippen LogP contribution is 2.28. The molecule has 0 aliphatic heterocycles. The van der Waals surface area contributed by atoms with Gasteiger partial charge in [-0.25, -0.2) is 4.79 Å². The molecule has 0 unspecified atom stereocenters. The second-order valence-electron chi connectivity index (χ2n) is 7.91. The van der Waals surface area contributed by atoms with Crippen molar-refractivity contribution in [2.45, 2.75) is 85.0 Å². The Morgan fingerprint density at radius 3 is 1.97 bits per heavy atom. The van der Waals surface area contributed by atoms with Crippen molar-refractivity contribution in [1.29, 1.82) is 0 Å². The Labute approximate surface area is 174 Å². The third-order valence-corrected chi connectivity index (χ3v) is 5.65. The number of nitrogens with zero attached hydrogens (tertiary/aromatic N) is 1. The number of hydrogen-bond donors (Lipinski definition) is 1. The Hall–Kier alpha value is -2.36. The molecule has 1 aromatic carbocycles. The van der Waals surface area contributed by atoms with Crippen LogP contribution in [-0.2, 0) is 0 Å². The van der Waals surface area contributed by atoms with Crippen molar-refractivity contribution in [3.05, 3.63) is 52.8 Å². The molecule has 0 fully saturated rings. The maximum atomic E-state index is 12.9. The minimum atomic E-state index is -1.00. The average molecular weight is 398 g/mol. The summed E-state index contributed by atoms with van der Waals surface area (Å²) in [5, 5.41) is 9.75. The highest BCUT2D eigenvalue weighted by molar-refractivity contribution is 6.02. The number of ketones is 1. The van der Waals surface area contributed by atoms with Gasteiger partial charge in [0, 0.05) is 23.4 Å². The van der Waals surface area contributed by atoms with Crippen LogP contribution in [0.3, 0.4) is 0 Å². The zero-order valence-corrected chi connectivity index (χ0v) is 18.2. The van der Waals surface area contributed by atoms with Crippen LogP contribution in [0, 0.1) is 13.8 Å². The van der Waals surface area contributed by atoms with E-state index in [-0.39, 0.29) is 11.5 Å². The third-order valence-electron chi connectivity index (χ3n) is 5.65. The van der Waals surface area contributed by atoms with Gasteiger partial charge in [0.2, 0.25) is 0 Å².